The first-order valence-electron chi connectivity index (χ1n) is 15.3. The molecular formula is C33H33F3N4O10Se. The largest absolute Gasteiger partial charge is 0.509 e. The molecule has 1 fully saturated rings. The summed E-state index contributed by atoms with van der Waals surface area (Å²) in [5.41, 5.74) is -3.91. The maximum Gasteiger partial charge on any atom is 0.509 e. The number of carbonyl (C=O) groups excluding carboxylic acids is 3. The van der Waals surface area contributed by atoms with Crippen LogP contribution in [0.4, 0.5) is 28.6 Å². The molecule has 18 heteroatoms. The molecule has 2 aromatic carbocycles. The van der Waals surface area contributed by atoms with Crippen LogP contribution >= 0.6 is 0 Å². The zero-order chi connectivity index (χ0) is 37.5. The van der Waals surface area contributed by atoms with Crippen molar-refractivity contribution < 1.29 is 51.2 Å². The number of rotatable bonds is 7. The SMILES string of the molecule is CC(C)(C)OC(=O)OCC1OC(n2ccc(NC(=O)c3ccc(-n4[se]c5ccccc5c4=O)cc3F)nc2=O)C(F)(F)C1OC(=O)OC(C)(C)C. The Balaban J connectivity index is 1.34. The molecule has 2 aromatic heterocycles. The predicted molar refractivity (Wildman–Crippen MR) is 175 cm³/mol. The summed E-state index contributed by atoms with van der Waals surface area (Å²) >= 11 is -0.440. The van der Waals surface area contributed by atoms with Crippen LogP contribution in [0.1, 0.15) is 58.1 Å². The molecule has 5 rings (SSSR count). The van der Waals surface area contributed by atoms with Crippen molar-refractivity contribution in [3.8, 4) is 5.69 Å². The number of anilines is 1. The Hall–Kier alpha value is -4.93. The van der Waals surface area contributed by atoms with Gasteiger partial charge >= 0.3 is 181 Å². The molecule has 272 valence electrons. The molecule has 1 aliphatic rings. The van der Waals surface area contributed by atoms with Crippen molar-refractivity contribution in [2.24, 2.45) is 0 Å². The van der Waals surface area contributed by atoms with Gasteiger partial charge in [0.05, 0.1) is 0 Å². The van der Waals surface area contributed by atoms with E-state index < -0.39 is 98.0 Å². The fourth-order valence-electron chi connectivity index (χ4n) is 4.86. The molecular weight excluding hydrogens is 748 g/mol. The minimum Gasteiger partial charge on any atom is -0.429 e. The Bertz CT molecular complexity index is 2100. The third-order valence-electron chi connectivity index (χ3n) is 6.97. The second kappa shape index (κ2) is 14.0. The van der Waals surface area contributed by atoms with E-state index in [4.69, 9.17) is 23.7 Å². The molecule has 0 spiro atoms. The van der Waals surface area contributed by atoms with E-state index in [-0.39, 0.29) is 11.2 Å². The summed E-state index contributed by atoms with van der Waals surface area (Å²) < 4.78 is 74.7. The molecule has 3 atom stereocenters. The molecule has 4 aromatic rings. The Morgan fingerprint density at radius 2 is 1.65 bits per heavy atom. The number of hydrogen-bond acceptors (Lipinski definition) is 11. The fraction of sp³-hybridized carbons (Fsp3) is 0.394. The van der Waals surface area contributed by atoms with Gasteiger partial charge in [0.25, 0.3) is 0 Å². The molecule has 14 nitrogen and oxygen atoms in total. The van der Waals surface area contributed by atoms with E-state index in [0.29, 0.717) is 9.95 Å². The van der Waals surface area contributed by atoms with Crippen LogP contribution in [0, 0.1) is 5.82 Å². The molecule has 51 heavy (non-hydrogen) atoms. The molecule has 1 aliphatic heterocycles. The number of benzene rings is 2. The summed E-state index contributed by atoms with van der Waals surface area (Å²) in [6, 6.07) is 11.6. The second-order valence-corrected chi connectivity index (χ2v) is 15.4. The molecule has 0 aliphatic carbocycles. The van der Waals surface area contributed by atoms with E-state index in [1.165, 1.54) is 30.4 Å². The zero-order valence-electron chi connectivity index (χ0n) is 28.1. The number of alkyl halides is 2. The van der Waals surface area contributed by atoms with Crippen molar-refractivity contribution >= 4 is 48.4 Å². The van der Waals surface area contributed by atoms with E-state index in [9.17, 15) is 24.0 Å². The summed E-state index contributed by atoms with van der Waals surface area (Å²) in [6.07, 6.45) is -8.47. The number of halogens is 3. The smallest absolute Gasteiger partial charge is 0.429 e. The summed E-state index contributed by atoms with van der Waals surface area (Å²) in [5.74, 6) is -6.50. The van der Waals surface area contributed by atoms with E-state index in [0.717, 1.165) is 28.7 Å². The molecule has 1 amide bonds. The summed E-state index contributed by atoms with van der Waals surface area (Å²) in [5, 5.41) is 2.75. The normalized spacial score (nSPS) is 18.6. The van der Waals surface area contributed by atoms with Gasteiger partial charge in [0.2, 0.25) is 6.10 Å². The summed E-state index contributed by atoms with van der Waals surface area (Å²) in [4.78, 5) is 66.9. The number of nitrogens with zero attached hydrogens (tertiary/aromatic N) is 3. The minimum atomic E-state index is -4.11. The van der Waals surface area contributed by atoms with Crippen LogP contribution in [-0.2, 0) is 23.7 Å². The molecule has 1 N–H and O–H groups in total. The Morgan fingerprint density at radius 1 is 0.980 bits per heavy atom. The third-order valence-corrected chi connectivity index (χ3v) is 9.30. The standard InChI is InChI=1S/C33H33F3N4O10Se/c1-31(2,3)49-29(44)46-16-21-24(48-30(45)50-32(4,5)6)33(35,36)27(47-21)39-14-13-23(38-28(39)43)37-25(41)18-12-11-17(15-20(18)34)40-26(42)19-9-7-8-10-22(19)51-40/h7-15,21,24,27H,16H2,1-6H3,(H,37,38,41,43). The van der Waals surface area contributed by atoms with Crippen molar-refractivity contribution in [2.75, 3.05) is 11.9 Å². The van der Waals surface area contributed by atoms with Crippen molar-refractivity contribution in [1.82, 2.24) is 13.1 Å². The van der Waals surface area contributed by atoms with Crippen LogP contribution in [0.2, 0.25) is 0 Å². The maximum absolute atomic E-state index is 15.8. The van der Waals surface area contributed by atoms with Gasteiger partial charge in [0.1, 0.15) is 23.9 Å². The number of hydrogen-bond donors (Lipinski definition) is 1. The van der Waals surface area contributed by atoms with Gasteiger partial charge in [-0.2, -0.15) is 8.78 Å². The summed E-state index contributed by atoms with van der Waals surface area (Å²) in [7, 11) is 0. The number of aromatic nitrogens is 3. The van der Waals surface area contributed by atoms with Gasteiger partial charge in [-0.15, -0.1) is 0 Å². The molecule has 0 radical (unpaired) electrons. The summed E-state index contributed by atoms with van der Waals surface area (Å²) in [6.45, 7) is 8.23. The number of fused-ring (bicyclic) bond motifs is 1. The molecule has 3 heterocycles. The van der Waals surface area contributed by atoms with Crippen molar-refractivity contribution in [1.29, 1.82) is 0 Å². The van der Waals surface area contributed by atoms with E-state index in [2.05, 4.69) is 10.3 Å². The van der Waals surface area contributed by atoms with Crippen molar-refractivity contribution in [3.05, 3.63) is 86.9 Å². The fourth-order valence-corrected chi connectivity index (χ4v) is 6.93. The van der Waals surface area contributed by atoms with Crippen LogP contribution in [0.3, 0.4) is 0 Å². The number of ether oxygens (including phenoxy) is 5. The average molecular weight is 782 g/mol. The minimum absolute atomic E-state index is 0.243. The van der Waals surface area contributed by atoms with Crippen LogP contribution in [0.25, 0.3) is 15.3 Å². The van der Waals surface area contributed by atoms with Gasteiger partial charge < -0.3 is 23.7 Å². The first-order chi connectivity index (χ1) is 23.7. The number of nitrogens with one attached hydrogen (secondary N) is 1. The molecule has 3 unspecified atom stereocenters. The number of amides is 1. The van der Waals surface area contributed by atoms with E-state index in [1.807, 2.05) is 6.07 Å². The molecule has 1 saturated heterocycles. The van der Waals surface area contributed by atoms with Crippen LogP contribution < -0.4 is 16.6 Å². The van der Waals surface area contributed by atoms with Gasteiger partial charge in [-0.1, -0.05) is 0 Å². The van der Waals surface area contributed by atoms with Crippen molar-refractivity contribution in [2.45, 2.75) is 77.1 Å². The molecule has 0 bridgehead atoms. The van der Waals surface area contributed by atoms with Gasteiger partial charge in [-0.3, -0.25) is 0 Å². The van der Waals surface area contributed by atoms with Crippen LogP contribution in [0.5, 0.6) is 0 Å². The van der Waals surface area contributed by atoms with E-state index >= 15 is 13.2 Å². The topological polar surface area (TPSA) is 166 Å². The predicted octanol–water partition coefficient (Wildman–Crippen LogP) is 4.80. The first kappa shape index (κ1) is 37.3. The van der Waals surface area contributed by atoms with Gasteiger partial charge in [0, 0.05) is 0 Å². The Morgan fingerprint density at radius 3 is 2.27 bits per heavy atom. The van der Waals surface area contributed by atoms with E-state index in [1.54, 1.807) is 39.0 Å². The molecule has 0 saturated carbocycles. The number of carbonyl (C=O) groups is 3. The first-order valence-corrected chi connectivity index (χ1v) is 17.0. The van der Waals surface area contributed by atoms with Gasteiger partial charge in [0.15, 0.2) is 0 Å². The van der Waals surface area contributed by atoms with Crippen LogP contribution in [0.15, 0.2) is 64.3 Å². The average Bonchev–Trinajstić information content (AvgIpc) is 3.47. The monoisotopic (exact) mass is 782 g/mol. The third kappa shape index (κ3) is 8.52. The quantitative estimate of drug-likeness (QED) is 0.202. The second-order valence-electron chi connectivity index (χ2n) is 13.3. The van der Waals surface area contributed by atoms with Crippen molar-refractivity contribution in [3.63, 3.8) is 0 Å². The Kier molecular flexibility index (Phi) is 10.2. The van der Waals surface area contributed by atoms with Gasteiger partial charge in [-0.25, -0.2) is 9.59 Å². The maximum atomic E-state index is 15.8. The zero-order valence-corrected chi connectivity index (χ0v) is 29.8. The van der Waals surface area contributed by atoms with Gasteiger partial charge in [-0.05, 0) is 41.5 Å². The Labute approximate surface area is 294 Å². The van der Waals surface area contributed by atoms with Crippen LogP contribution in [-0.4, -0.2) is 82.0 Å².